The van der Waals surface area contributed by atoms with Crippen LogP contribution < -0.4 is 4.90 Å². The molecule has 1 heterocycles. The number of para-hydroxylation sites is 1. The molecule has 0 aromatic heterocycles. The molecule has 0 amide bonds. The Morgan fingerprint density at radius 3 is 2.04 bits per heavy atom. The van der Waals surface area contributed by atoms with Crippen molar-refractivity contribution in [2.75, 3.05) is 65.8 Å². The first-order chi connectivity index (χ1) is 11.0. The summed E-state index contributed by atoms with van der Waals surface area (Å²) in [6.45, 7) is 7.51. The normalized spacial score (nSPS) is 16.1. The van der Waals surface area contributed by atoms with E-state index >= 15 is 0 Å². The minimum atomic E-state index is 0. The molecule has 1 atom stereocenters. The lowest BCUT2D eigenvalue weighted by atomic mass is 10.2. The summed E-state index contributed by atoms with van der Waals surface area (Å²) in [5.74, 6) is 1.03. The fourth-order valence-electron chi connectivity index (χ4n) is 3.07. The molecule has 0 radical (unpaired) electrons. The second-order valence-corrected chi connectivity index (χ2v) is 6.64. The van der Waals surface area contributed by atoms with Crippen LogP contribution in [-0.4, -0.2) is 87.6 Å². The molecule has 5 nitrogen and oxygen atoms in total. The number of piperazine rings is 1. The van der Waals surface area contributed by atoms with Crippen LogP contribution in [0.3, 0.4) is 0 Å². The van der Waals surface area contributed by atoms with Crippen molar-refractivity contribution >= 4 is 35.6 Å². The molecule has 0 bridgehead atoms. The van der Waals surface area contributed by atoms with Gasteiger partial charge in [-0.05, 0) is 19.1 Å². The zero-order valence-corrected chi connectivity index (χ0v) is 18.0. The maximum Gasteiger partial charge on any atom is 0.195 e. The molecule has 1 fully saturated rings. The van der Waals surface area contributed by atoms with E-state index in [1.165, 1.54) is 5.69 Å². The zero-order valence-electron chi connectivity index (χ0n) is 15.6. The summed E-state index contributed by atoms with van der Waals surface area (Å²) in [5, 5.41) is 0. The molecular weight excluding hydrogens is 413 g/mol. The van der Waals surface area contributed by atoms with Crippen molar-refractivity contribution in [1.82, 2.24) is 14.7 Å². The second-order valence-electron chi connectivity index (χ2n) is 6.64. The maximum atomic E-state index is 4.79. The Morgan fingerprint density at radius 1 is 1.00 bits per heavy atom. The van der Waals surface area contributed by atoms with Crippen molar-refractivity contribution in [2.45, 2.75) is 13.0 Å². The summed E-state index contributed by atoms with van der Waals surface area (Å²) in [6, 6.07) is 11.2. The van der Waals surface area contributed by atoms with Crippen LogP contribution in [-0.2, 0) is 0 Å². The fraction of sp³-hybridized carbons (Fsp3) is 0.611. The first kappa shape index (κ1) is 21.0. The van der Waals surface area contributed by atoms with E-state index in [0.29, 0.717) is 6.04 Å². The van der Waals surface area contributed by atoms with Gasteiger partial charge in [-0.15, -0.1) is 24.0 Å². The third-order valence-electron chi connectivity index (χ3n) is 4.36. The molecule has 136 valence electrons. The highest BCUT2D eigenvalue weighted by molar-refractivity contribution is 14.0. The summed E-state index contributed by atoms with van der Waals surface area (Å²) in [5.41, 5.74) is 1.33. The van der Waals surface area contributed by atoms with Gasteiger partial charge in [0.25, 0.3) is 0 Å². The van der Waals surface area contributed by atoms with Gasteiger partial charge >= 0.3 is 0 Å². The van der Waals surface area contributed by atoms with Gasteiger partial charge < -0.3 is 14.7 Å². The van der Waals surface area contributed by atoms with Crippen molar-refractivity contribution in [1.29, 1.82) is 0 Å². The Hall–Kier alpha value is -1.02. The molecule has 0 spiro atoms. The van der Waals surface area contributed by atoms with E-state index in [-0.39, 0.29) is 24.0 Å². The number of aliphatic imine (C=N–C) groups is 1. The summed E-state index contributed by atoms with van der Waals surface area (Å²) in [6.07, 6.45) is 0. The van der Waals surface area contributed by atoms with Crippen LogP contribution in [0, 0.1) is 0 Å². The predicted molar refractivity (Wildman–Crippen MR) is 115 cm³/mol. The van der Waals surface area contributed by atoms with Crippen LogP contribution in [0.2, 0.25) is 0 Å². The van der Waals surface area contributed by atoms with Gasteiger partial charge in [0.15, 0.2) is 5.96 Å². The molecule has 1 saturated heterocycles. The molecule has 1 aliphatic rings. The lowest BCUT2D eigenvalue weighted by Gasteiger charge is -2.39. The summed E-state index contributed by atoms with van der Waals surface area (Å²) in [7, 11) is 8.18. The third kappa shape index (κ3) is 5.81. The van der Waals surface area contributed by atoms with Gasteiger partial charge in [-0.1, -0.05) is 18.2 Å². The first-order valence-electron chi connectivity index (χ1n) is 8.42. The van der Waals surface area contributed by atoms with Crippen molar-refractivity contribution in [3.05, 3.63) is 30.3 Å². The number of hydrogen-bond donors (Lipinski definition) is 0. The smallest absolute Gasteiger partial charge is 0.195 e. The van der Waals surface area contributed by atoms with E-state index in [1.807, 2.05) is 28.2 Å². The van der Waals surface area contributed by atoms with Crippen molar-refractivity contribution in [3.8, 4) is 0 Å². The van der Waals surface area contributed by atoms with E-state index in [1.54, 1.807) is 0 Å². The number of rotatable bonds is 4. The summed E-state index contributed by atoms with van der Waals surface area (Å²) < 4.78 is 0. The molecule has 1 aromatic rings. The van der Waals surface area contributed by atoms with Gasteiger partial charge in [0, 0.05) is 66.1 Å². The quantitative estimate of drug-likeness (QED) is 0.404. The predicted octanol–water partition coefficient (Wildman–Crippen LogP) is 2.29. The number of halogens is 1. The second kappa shape index (κ2) is 10.1. The molecule has 0 saturated carbocycles. The summed E-state index contributed by atoms with van der Waals surface area (Å²) >= 11 is 0. The Morgan fingerprint density at radius 2 is 1.54 bits per heavy atom. The monoisotopic (exact) mass is 445 g/mol. The molecule has 0 N–H and O–H groups in total. The Bertz CT molecular complexity index is 485. The molecule has 6 heteroatoms. The molecule has 1 aliphatic heterocycles. The molecule has 2 rings (SSSR count). The summed E-state index contributed by atoms with van der Waals surface area (Å²) in [4.78, 5) is 13.9. The van der Waals surface area contributed by atoms with Gasteiger partial charge in [0.1, 0.15) is 0 Å². The molecule has 1 unspecified atom stereocenters. The van der Waals surface area contributed by atoms with Gasteiger partial charge in [-0.25, -0.2) is 0 Å². The van der Waals surface area contributed by atoms with Crippen LogP contribution in [0.4, 0.5) is 5.69 Å². The highest BCUT2D eigenvalue weighted by Gasteiger charge is 2.21. The van der Waals surface area contributed by atoms with Crippen LogP contribution in [0.5, 0.6) is 0 Å². The minimum Gasteiger partial charge on any atom is -0.369 e. The average molecular weight is 445 g/mol. The first-order valence-corrected chi connectivity index (χ1v) is 8.42. The lowest BCUT2D eigenvalue weighted by molar-refractivity contribution is 0.201. The maximum absolute atomic E-state index is 4.79. The van der Waals surface area contributed by atoms with E-state index in [4.69, 9.17) is 4.99 Å². The lowest BCUT2D eigenvalue weighted by Crippen LogP contribution is -2.50. The van der Waals surface area contributed by atoms with Gasteiger partial charge in [0.2, 0.25) is 0 Å². The fourth-order valence-corrected chi connectivity index (χ4v) is 3.07. The Labute approximate surface area is 164 Å². The minimum absolute atomic E-state index is 0. The number of hydrogen-bond acceptors (Lipinski definition) is 3. The van der Waals surface area contributed by atoms with E-state index in [9.17, 15) is 0 Å². The molecule has 0 aliphatic carbocycles. The van der Waals surface area contributed by atoms with Crippen LogP contribution in [0.1, 0.15) is 6.92 Å². The van der Waals surface area contributed by atoms with Gasteiger partial charge in [0.05, 0.1) is 6.54 Å². The largest absolute Gasteiger partial charge is 0.369 e. The van der Waals surface area contributed by atoms with Crippen molar-refractivity contribution in [3.63, 3.8) is 0 Å². The molecular formula is C18H32IN5. The van der Waals surface area contributed by atoms with Crippen LogP contribution in [0.15, 0.2) is 35.3 Å². The Kier molecular flexibility index (Phi) is 8.83. The van der Waals surface area contributed by atoms with E-state index in [0.717, 1.165) is 38.7 Å². The molecule has 24 heavy (non-hydrogen) atoms. The van der Waals surface area contributed by atoms with Crippen LogP contribution >= 0.6 is 24.0 Å². The van der Waals surface area contributed by atoms with Gasteiger partial charge in [-0.3, -0.25) is 9.89 Å². The number of guanidine groups is 1. The van der Waals surface area contributed by atoms with E-state index < -0.39 is 0 Å². The van der Waals surface area contributed by atoms with Crippen molar-refractivity contribution in [2.24, 2.45) is 4.99 Å². The highest BCUT2D eigenvalue weighted by Crippen LogP contribution is 2.16. The van der Waals surface area contributed by atoms with Gasteiger partial charge in [-0.2, -0.15) is 0 Å². The standard InChI is InChI=1S/C18H31N5.HI/c1-16(15-19-18(20(2)3)21(4)5)22-11-13-23(14-12-22)17-9-7-6-8-10-17;/h6-10,16H,11-15H2,1-5H3;1H. The Balaban J connectivity index is 0.00000288. The number of nitrogens with zero attached hydrogens (tertiary/aromatic N) is 5. The number of anilines is 1. The average Bonchev–Trinajstić information content (AvgIpc) is 2.55. The molecule has 1 aromatic carbocycles. The van der Waals surface area contributed by atoms with Crippen LogP contribution in [0.25, 0.3) is 0 Å². The zero-order chi connectivity index (χ0) is 16.8. The van der Waals surface area contributed by atoms with E-state index in [2.05, 4.69) is 56.9 Å². The topological polar surface area (TPSA) is 25.3 Å². The number of benzene rings is 1. The van der Waals surface area contributed by atoms with Crippen molar-refractivity contribution < 1.29 is 0 Å². The SMILES string of the molecule is CC(CN=C(N(C)C)N(C)C)N1CCN(c2ccccc2)CC1.I. The third-order valence-corrected chi connectivity index (χ3v) is 4.36. The highest BCUT2D eigenvalue weighted by atomic mass is 127.